The van der Waals surface area contributed by atoms with Crippen LogP contribution >= 0.6 is 0 Å². The van der Waals surface area contributed by atoms with E-state index in [9.17, 15) is 4.79 Å². The fraction of sp³-hybridized carbons (Fsp3) is 0.688. The molecule has 2 unspecified atom stereocenters. The summed E-state index contributed by atoms with van der Waals surface area (Å²) >= 11 is 0. The molecule has 1 fully saturated rings. The molecule has 2 rings (SSSR count). The van der Waals surface area contributed by atoms with E-state index in [4.69, 9.17) is 4.42 Å². The first-order chi connectivity index (χ1) is 8.56. The first-order valence-electron chi connectivity index (χ1n) is 7.17. The molecule has 1 aromatic rings. The van der Waals surface area contributed by atoms with Gasteiger partial charge in [0.05, 0.1) is 5.56 Å². The van der Waals surface area contributed by atoms with E-state index in [1.54, 1.807) is 0 Å². The van der Waals surface area contributed by atoms with Crippen LogP contribution < -0.4 is 0 Å². The second-order valence-corrected chi connectivity index (χ2v) is 5.64. The Morgan fingerprint density at radius 1 is 1.17 bits per heavy atom. The van der Waals surface area contributed by atoms with Gasteiger partial charge in [-0.2, -0.15) is 0 Å². The molecule has 1 saturated carbocycles. The van der Waals surface area contributed by atoms with Crippen molar-refractivity contribution in [1.29, 1.82) is 0 Å². The molecule has 2 atom stereocenters. The van der Waals surface area contributed by atoms with Crippen molar-refractivity contribution in [3.05, 3.63) is 22.6 Å². The molecule has 0 bridgehead atoms. The van der Waals surface area contributed by atoms with Gasteiger partial charge in [-0.25, -0.2) is 0 Å². The van der Waals surface area contributed by atoms with Crippen LogP contribution in [0.1, 0.15) is 66.5 Å². The molecule has 18 heavy (non-hydrogen) atoms. The monoisotopic (exact) mass is 248 g/mol. The Bertz CT molecular complexity index is 442. The van der Waals surface area contributed by atoms with Gasteiger partial charge in [-0.1, -0.05) is 26.2 Å². The van der Waals surface area contributed by atoms with Crippen LogP contribution in [0.3, 0.4) is 0 Å². The molecular weight excluding hydrogens is 224 g/mol. The first-order valence-corrected chi connectivity index (χ1v) is 7.17. The summed E-state index contributed by atoms with van der Waals surface area (Å²) in [6.07, 6.45) is 5.86. The molecular formula is C16H24O2. The molecule has 1 aliphatic carbocycles. The summed E-state index contributed by atoms with van der Waals surface area (Å²) in [6.45, 7) is 8.06. The number of aryl methyl sites for hydroxylation is 2. The lowest BCUT2D eigenvalue weighted by atomic mass is 9.74. The van der Waals surface area contributed by atoms with Crippen LogP contribution in [-0.2, 0) is 0 Å². The van der Waals surface area contributed by atoms with Crippen LogP contribution in [0.4, 0.5) is 0 Å². The molecule has 2 nitrogen and oxygen atoms in total. The maximum absolute atomic E-state index is 12.8. The summed E-state index contributed by atoms with van der Waals surface area (Å²) < 4.78 is 5.61. The third-order valence-corrected chi connectivity index (χ3v) is 4.58. The number of hydrogen-bond donors (Lipinski definition) is 0. The van der Waals surface area contributed by atoms with E-state index in [1.165, 1.54) is 19.3 Å². The van der Waals surface area contributed by atoms with Crippen molar-refractivity contribution >= 4 is 5.78 Å². The van der Waals surface area contributed by atoms with Crippen LogP contribution in [0, 0.1) is 32.6 Å². The van der Waals surface area contributed by atoms with Gasteiger partial charge in [0, 0.05) is 11.5 Å². The number of ketones is 1. The molecule has 0 N–H and O–H groups in total. The minimum atomic E-state index is 0.221. The largest absolute Gasteiger partial charge is 0.466 e. The van der Waals surface area contributed by atoms with Crippen molar-refractivity contribution in [2.75, 3.05) is 0 Å². The Labute approximate surface area is 110 Å². The van der Waals surface area contributed by atoms with Crippen LogP contribution in [0.2, 0.25) is 0 Å². The van der Waals surface area contributed by atoms with E-state index in [2.05, 4.69) is 6.92 Å². The van der Waals surface area contributed by atoms with Crippen LogP contribution in [0.25, 0.3) is 0 Å². The predicted octanol–water partition coefficient (Wildman–Crippen LogP) is 4.60. The molecule has 1 heterocycles. The van der Waals surface area contributed by atoms with Gasteiger partial charge in [-0.3, -0.25) is 4.79 Å². The van der Waals surface area contributed by atoms with E-state index in [0.717, 1.165) is 35.5 Å². The van der Waals surface area contributed by atoms with E-state index in [1.807, 2.05) is 20.8 Å². The highest BCUT2D eigenvalue weighted by Gasteiger charge is 2.33. The van der Waals surface area contributed by atoms with Crippen LogP contribution in [0.15, 0.2) is 4.42 Å². The lowest BCUT2D eigenvalue weighted by Gasteiger charge is -2.29. The number of rotatable bonds is 3. The molecule has 0 amide bonds. The Morgan fingerprint density at radius 3 is 2.39 bits per heavy atom. The lowest BCUT2D eigenvalue weighted by molar-refractivity contribution is 0.0818. The van der Waals surface area contributed by atoms with Crippen molar-refractivity contribution in [3.63, 3.8) is 0 Å². The molecule has 1 aliphatic rings. The highest BCUT2D eigenvalue weighted by molar-refractivity contribution is 6.00. The quantitative estimate of drug-likeness (QED) is 0.731. The number of carbonyl (C=O) groups excluding carboxylic acids is 1. The Balaban J connectivity index is 2.29. The van der Waals surface area contributed by atoms with Gasteiger partial charge in [0.1, 0.15) is 11.5 Å². The molecule has 0 spiro atoms. The SMILES string of the molecule is CCC1CCCCC1C(=O)c1c(C)oc(C)c1C. The normalized spacial score (nSPS) is 24.2. The van der Waals surface area contributed by atoms with Gasteiger partial charge < -0.3 is 4.42 Å². The maximum Gasteiger partial charge on any atom is 0.169 e. The lowest BCUT2D eigenvalue weighted by Crippen LogP contribution is -2.27. The minimum Gasteiger partial charge on any atom is -0.466 e. The van der Waals surface area contributed by atoms with Gasteiger partial charge in [-0.05, 0) is 39.5 Å². The standard InChI is InChI=1S/C16H24O2/c1-5-13-8-6-7-9-14(13)16(17)15-10(2)11(3)18-12(15)4/h13-14H,5-9H2,1-4H3. The minimum absolute atomic E-state index is 0.221. The van der Waals surface area contributed by atoms with Crippen molar-refractivity contribution < 1.29 is 9.21 Å². The van der Waals surface area contributed by atoms with E-state index >= 15 is 0 Å². The maximum atomic E-state index is 12.8. The first kappa shape index (κ1) is 13.4. The van der Waals surface area contributed by atoms with Gasteiger partial charge in [0.25, 0.3) is 0 Å². The van der Waals surface area contributed by atoms with Crippen molar-refractivity contribution in [1.82, 2.24) is 0 Å². The summed E-state index contributed by atoms with van der Waals surface area (Å²) in [5.74, 6) is 2.81. The summed E-state index contributed by atoms with van der Waals surface area (Å²) in [5, 5.41) is 0. The van der Waals surface area contributed by atoms with Crippen molar-refractivity contribution in [2.24, 2.45) is 11.8 Å². The Hall–Kier alpha value is -1.05. The summed E-state index contributed by atoms with van der Waals surface area (Å²) in [6, 6.07) is 0. The van der Waals surface area contributed by atoms with E-state index < -0.39 is 0 Å². The third kappa shape index (κ3) is 2.25. The number of carbonyl (C=O) groups is 1. The summed E-state index contributed by atoms with van der Waals surface area (Å²) in [4.78, 5) is 12.8. The van der Waals surface area contributed by atoms with Gasteiger partial charge in [0.2, 0.25) is 0 Å². The van der Waals surface area contributed by atoms with E-state index in [0.29, 0.717) is 11.7 Å². The van der Waals surface area contributed by atoms with Gasteiger partial charge in [-0.15, -0.1) is 0 Å². The van der Waals surface area contributed by atoms with Crippen molar-refractivity contribution in [3.8, 4) is 0 Å². The fourth-order valence-electron chi connectivity index (χ4n) is 3.38. The van der Waals surface area contributed by atoms with E-state index in [-0.39, 0.29) is 5.92 Å². The molecule has 0 aliphatic heterocycles. The second kappa shape index (κ2) is 5.29. The number of hydrogen-bond acceptors (Lipinski definition) is 2. The topological polar surface area (TPSA) is 30.2 Å². The van der Waals surface area contributed by atoms with Crippen molar-refractivity contribution in [2.45, 2.75) is 59.8 Å². The zero-order chi connectivity index (χ0) is 13.3. The molecule has 1 aromatic heterocycles. The third-order valence-electron chi connectivity index (χ3n) is 4.58. The predicted molar refractivity (Wildman–Crippen MR) is 73.0 cm³/mol. The average Bonchev–Trinajstić information content (AvgIpc) is 2.62. The molecule has 0 saturated heterocycles. The Morgan fingerprint density at radius 2 is 1.83 bits per heavy atom. The highest BCUT2D eigenvalue weighted by atomic mass is 16.3. The molecule has 100 valence electrons. The number of furan rings is 1. The fourth-order valence-corrected chi connectivity index (χ4v) is 3.38. The van der Waals surface area contributed by atoms with Crippen LogP contribution in [-0.4, -0.2) is 5.78 Å². The van der Waals surface area contributed by atoms with Crippen LogP contribution in [0.5, 0.6) is 0 Å². The zero-order valence-corrected chi connectivity index (χ0v) is 12.0. The average molecular weight is 248 g/mol. The highest BCUT2D eigenvalue weighted by Crippen LogP contribution is 2.36. The second-order valence-electron chi connectivity index (χ2n) is 5.64. The smallest absolute Gasteiger partial charge is 0.169 e. The summed E-state index contributed by atoms with van der Waals surface area (Å²) in [5.41, 5.74) is 1.90. The number of Topliss-reactive ketones (excluding diaryl/α,β-unsaturated/α-hetero) is 1. The molecule has 0 aromatic carbocycles. The molecule has 2 heteroatoms. The van der Waals surface area contributed by atoms with Gasteiger partial charge >= 0.3 is 0 Å². The Kier molecular flexibility index (Phi) is 3.94. The zero-order valence-electron chi connectivity index (χ0n) is 12.0. The molecule has 0 radical (unpaired) electrons. The van der Waals surface area contributed by atoms with Gasteiger partial charge in [0.15, 0.2) is 5.78 Å². The summed E-state index contributed by atoms with van der Waals surface area (Å²) in [7, 11) is 0.